The van der Waals surface area contributed by atoms with Crippen LogP contribution in [0.5, 0.6) is 0 Å². The summed E-state index contributed by atoms with van der Waals surface area (Å²) in [6, 6.07) is 0.275. The third kappa shape index (κ3) is 3.15. The molecule has 2 saturated heterocycles. The Labute approximate surface area is 89.4 Å². The average molecular weight is 214 g/mol. The van der Waals surface area contributed by atoms with Crippen LogP contribution in [0.2, 0.25) is 0 Å². The predicted molar refractivity (Wildman–Crippen MR) is 54.4 cm³/mol. The van der Waals surface area contributed by atoms with Gasteiger partial charge in [0.05, 0.1) is 12.6 Å². The van der Waals surface area contributed by atoms with Crippen LogP contribution in [0.15, 0.2) is 0 Å². The van der Waals surface area contributed by atoms with Gasteiger partial charge < -0.3 is 15.2 Å². The molecule has 0 radical (unpaired) electrons. The van der Waals surface area contributed by atoms with E-state index in [0.29, 0.717) is 19.6 Å². The van der Waals surface area contributed by atoms with E-state index in [1.807, 2.05) is 4.90 Å². The first kappa shape index (κ1) is 10.9. The van der Waals surface area contributed by atoms with Crippen LogP contribution >= 0.6 is 0 Å². The van der Waals surface area contributed by atoms with Gasteiger partial charge in [0.1, 0.15) is 0 Å². The number of nitrogens with one attached hydrogen (secondary N) is 1. The summed E-state index contributed by atoms with van der Waals surface area (Å²) in [5.74, 6) is 0.0637. The van der Waals surface area contributed by atoms with Crippen LogP contribution in [-0.4, -0.2) is 60.9 Å². The van der Waals surface area contributed by atoms with Gasteiger partial charge in [-0.15, -0.1) is 0 Å². The summed E-state index contributed by atoms with van der Waals surface area (Å²) < 4.78 is 5.21. The van der Waals surface area contributed by atoms with Crippen LogP contribution in [0.4, 0.5) is 0 Å². The molecule has 0 aromatic carbocycles. The molecular formula is C10H18N2O3. The number of rotatable bonds is 3. The van der Waals surface area contributed by atoms with Crippen molar-refractivity contribution in [3.8, 4) is 0 Å². The van der Waals surface area contributed by atoms with Crippen LogP contribution in [0.1, 0.15) is 12.8 Å². The van der Waals surface area contributed by atoms with E-state index in [2.05, 4.69) is 5.32 Å². The largest absolute Gasteiger partial charge is 0.390 e. The smallest absolute Gasteiger partial charge is 0.234 e. The molecule has 0 atom stereocenters. The summed E-state index contributed by atoms with van der Waals surface area (Å²) in [7, 11) is 0. The molecule has 0 aromatic heterocycles. The second kappa shape index (κ2) is 4.92. The number of carbonyl (C=O) groups excluding carboxylic acids is 1. The Bertz CT molecular complexity index is 223. The Morgan fingerprint density at radius 1 is 1.40 bits per heavy atom. The minimum absolute atomic E-state index is 0.0637. The van der Waals surface area contributed by atoms with Crippen molar-refractivity contribution in [2.75, 3.05) is 32.8 Å². The number of ether oxygens (including phenoxy) is 1. The first-order valence-electron chi connectivity index (χ1n) is 5.51. The lowest BCUT2D eigenvalue weighted by Crippen LogP contribution is -2.55. The zero-order chi connectivity index (χ0) is 10.7. The zero-order valence-corrected chi connectivity index (χ0v) is 8.82. The van der Waals surface area contributed by atoms with E-state index in [1.165, 1.54) is 0 Å². The molecule has 2 aliphatic heterocycles. The van der Waals surface area contributed by atoms with Gasteiger partial charge in [-0.3, -0.25) is 9.69 Å². The lowest BCUT2D eigenvalue weighted by atomic mass is 10.1. The number of nitrogens with zero attached hydrogens (tertiary/aromatic N) is 1. The molecule has 15 heavy (non-hydrogen) atoms. The van der Waals surface area contributed by atoms with Gasteiger partial charge in [0.15, 0.2) is 0 Å². The molecule has 0 unspecified atom stereocenters. The molecule has 0 saturated carbocycles. The third-order valence-corrected chi connectivity index (χ3v) is 2.89. The van der Waals surface area contributed by atoms with Gasteiger partial charge >= 0.3 is 0 Å². The van der Waals surface area contributed by atoms with Gasteiger partial charge in [-0.25, -0.2) is 0 Å². The van der Waals surface area contributed by atoms with Crippen LogP contribution in [0, 0.1) is 0 Å². The fraction of sp³-hybridized carbons (Fsp3) is 0.900. The molecule has 5 heteroatoms. The van der Waals surface area contributed by atoms with E-state index in [1.54, 1.807) is 0 Å². The zero-order valence-electron chi connectivity index (χ0n) is 8.82. The number of aliphatic hydroxyl groups is 1. The number of hydrogen-bond acceptors (Lipinski definition) is 4. The summed E-state index contributed by atoms with van der Waals surface area (Å²) in [5, 5.41) is 12.1. The van der Waals surface area contributed by atoms with Crippen molar-refractivity contribution in [1.29, 1.82) is 0 Å². The van der Waals surface area contributed by atoms with E-state index in [0.717, 1.165) is 26.1 Å². The number of β-amino-alcohol motifs (C(OH)–C–C–N with tert-alkyl or cyclic N) is 1. The highest BCUT2D eigenvalue weighted by Gasteiger charge is 2.26. The maximum Gasteiger partial charge on any atom is 0.234 e. The van der Waals surface area contributed by atoms with Crippen LogP contribution in [0.3, 0.4) is 0 Å². The van der Waals surface area contributed by atoms with Gasteiger partial charge in [0.2, 0.25) is 5.91 Å². The van der Waals surface area contributed by atoms with Crippen molar-refractivity contribution >= 4 is 5.91 Å². The standard InChI is InChI=1S/C10H18N2O3/c13-9-5-12(6-9)7-10(14)11-8-1-3-15-4-2-8/h8-9,13H,1-7H2,(H,11,14). The molecule has 2 fully saturated rings. The van der Waals surface area contributed by atoms with E-state index >= 15 is 0 Å². The summed E-state index contributed by atoms with van der Waals surface area (Å²) >= 11 is 0. The molecule has 2 heterocycles. The van der Waals surface area contributed by atoms with Crippen LogP contribution in [-0.2, 0) is 9.53 Å². The third-order valence-electron chi connectivity index (χ3n) is 2.89. The van der Waals surface area contributed by atoms with Gasteiger partial charge in [-0.05, 0) is 12.8 Å². The van der Waals surface area contributed by atoms with Crippen LogP contribution < -0.4 is 5.32 Å². The SMILES string of the molecule is O=C(CN1CC(O)C1)NC1CCOCC1. The molecule has 1 amide bonds. The molecule has 0 aromatic rings. The quantitative estimate of drug-likeness (QED) is 0.630. The molecule has 0 aliphatic carbocycles. The van der Waals surface area contributed by atoms with Gasteiger partial charge in [0.25, 0.3) is 0 Å². The number of hydrogen-bond donors (Lipinski definition) is 2. The predicted octanol–water partition coefficient (Wildman–Crippen LogP) is -1.04. The Hall–Kier alpha value is -0.650. The van der Waals surface area contributed by atoms with Crippen LogP contribution in [0.25, 0.3) is 0 Å². The fourth-order valence-corrected chi connectivity index (χ4v) is 1.99. The molecule has 5 nitrogen and oxygen atoms in total. The summed E-state index contributed by atoms with van der Waals surface area (Å²) in [6.45, 7) is 3.15. The highest BCUT2D eigenvalue weighted by atomic mass is 16.5. The van der Waals surface area contributed by atoms with Gasteiger partial charge in [0, 0.05) is 32.3 Å². The van der Waals surface area contributed by atoms with E-state index < -0.39 is 0 Å². The summed E-state index contributed by atoms with van der Waals surface area (Å²) in [5.41, 5.74) is 0. The second-order valence-corrected chi connectivity index (χ2v) is 4.30. The number of aliphatic hydroxyl groups excluding tert-OH is 1. The molecule has 0 spiro atoms. The lowest BCUT2D eigenvalue weighted by molar-refractivity contribution is -0.126. The Balaban J connectivity index is 1.63. The Kier molecular flexibility index (Phi) is 3.56. The van der Waals surface area contributed by atoms with Crippen molar-refractivity contribution in [3.63, 3.8) is 0 Å². The maximum atomic E-state index is 11.5. The molecule has 86 valence electrons. The summed E-state index contributed by atoms with van der Waals surface area (Å²) in [6.07, 6.45) is 1.59. The van der Waals surface area contributed by atoms with E-state index in [9.17, 15) is 4.79 Å². The Morgan fingerprint density at radius 3 is 2.67 bits per heavy atom. The fourth-order valence-electron chi connectivity index (χ4n) is 1.99. The highest BCUT2D eigenvalue weighted by molar-refractivity contribution is 5.78. The average Bonchev–Trinajstić information content (AvgIpc) is 2.17. The molecule has 2 rings (SSSR count). The molecule has 0 bridgehead atoms. The highest BCUT2D eigenvalue weighted by Crippen LogP contribution is 2.08. The monoisotopic (exact) mass is 214 g/mol. The van der Waals surface area contributed by atoms with Crippen molar-refractivity contribution in [2.45, 2.75) is 25.0 Å². The second-order valence-electron chi connectivity index (χ2n) is 4.30. The van der Waals surface area contributed by atoms with Gasteiger partial charge in [-0.2, -0.15) is 0 Å². The number of likely N-dealkylation sites (tertiary alicyclic amines) is 1. The van der Waals surface area contributed by atoms with Crippen molar-refractivity contribution < 1.29 is 14.6 Å². The first-order chi connectivity index (χ1) is 7.24. The molecular weight excluding hydrogens is 196 g/mol. The van der Waals surface area contributed by atoms with E-state index in [4.69, 9.17) is 9.84 Å². The normalized spacial score (nSPS) is 24.9. The maximum absolute atomic E-state index is 11.5. The van der Waals surface area contributed by atoms with Crippen molar-refractivity contribution in [1.82, 2.24) is 10.2 Å². The molecule has 2 aliphatic rings. The lowest BCUT2D eigenvalue weighted by Gasteiger charge is -2.35. The van der Waals surface area contributed by atoms with Crippen molar-refractivity contribution in [3.05, 3.63) is 0 Å². The minimum Gasteiger partial charge on any atom is -0.390 e. The summed E-state index contributed by atoms with van der Waals surface area (Å²) in [4.78, 5) is 13.5. The minimum atomic E-state index is -0.235. The van der Waals surface area contributed by atoms with Gasteiger partial charge in [-0.1, -0.05) is 0 Å². The van der Waals surface area contributed by atoms with Crippen molar-refractivity contribution in [2.24, 2.45) is 0 Å². The number of amides is 1. The van der Waals surface area contributed by atoms with E-state index in [-0.39, 0.29) is 18.1 Å². The Morgan fingerprint density at radius 2 is 2.07 bits per heavy atom. The number of carbonyl (C=O) groups is 1. The topological polar surface area (TPSA) is 61.8 Å². The molecule has 2 N–H and O–H groups in total. The first-order valence-corrected chi connectivity index (χ1v) is 5.51.